The molecule has 0 bridgehead atoms. The fraction of sp³-hybridized carbons (Fsp3) is 0.167. The van der Waals surface area contributed by atoms with Gasteiger partial charge < -0.3 is 19.0 Å². The maximum Gasteiger partial charge on any atom is 0.221 e. The van der Waals surface area contributed by atoms with Crippen LogP contribution in [0.15, 0.2) is 108 Å². The van der Waals surface area contributed by atoms with Crippen molar-refractivity contribution < 1.29 is 13.9 Å². The molecule has 0 radical (unpaired) electrons. The smallest absolute Gasteiger partial charge is 0.221 e. The van der Waals surface area contributed by atoms with Crippen LogP contribution < -0.4 is 10.1 Å². The van der Waals surface area contributed by atoms with Gasteiger partial charge in [0.2, 0.25) is 5.91 Å². The molecular weight excluding hydrogens is 436 g/mol. The van der Waals surface area contributed by atoms with Crippen molar-refractivity contribution >= 4 is 16.8 Å². The Kier molecular flexibility index (Phi) is 6.66. The highest BCUT2D eigenvalue weighted by Crippen LogP contribution is 2.38. The molecule has 5 aromatic rings. The van der Waals surface area contributed by atoms with E-state index in [-0.39, 0.29) is 11.8 Å². The molecule has 0 fully saturated rings. The summed E-state index contributed by atoms with van der Waals surface area (Å²) in [4.78, 5) is 13.1. The Balaban J connectivity index is 1.54. The summed E-state index contributed by atoms with van der Waals surface area (Å²) in [5.41, 5.74) is 4.46. The van der Waals surface area contributed by atoms with Crippen LogP contribution in [-0.4, -0.2) is 17.6 Å². The molecule has 5 rings (SSSR count). The SMILES string of the molecule is COc1ccccc1[C@@H](CC(=O)NCc1ccco1)c1cn(Cc2ccccc2)c2ccccc12. The molecule has 2 aromatic heterocycles. The van der Waals surface area contributed by atoms with Crippen molar-refractivity contribution in [2.24, 2.45) is 0 Å². The van der Waals surface area contributed by atoms with Gasteiger partial charge >= 0.3 is 0 Å². The highest BCUT2D eigenvalue weighted by Gasteiger charge is 2.25. The van der Waals surface area contributed by atoms with Crippen molar-refractivity contribution in [1.29, 1.82) is 0 Å². The summed E-state index contributed by atoms with van der Waals surface area (Å²) in [7, 11) is 1.67. The number of para-hydroxylation sites is 2. The number of furan rings is 1. The molecule has 0 saturated carbocycles. The molecule has 0 unspecified atom stereocenters. The maximum atomic E-state index is 13.1. The summed E-state index contributed by atoms with van der Waals surface area (Å²) in [6.45, 7) is 1.12. The number of hydrogen-bond acceptors (Lipinski definition) is 3. The first-order chi connectivity index (χ1) is 17.2. The summed E-state index contributed by atoms with van der Waals surface area (Å²) < 4.78 is 13.4. The monoisotopic (exact) mass is 464 g/mol. The van der Waals surface area contributed by atoms with E-state index >= 15 is 0 Å². The number of carbonyl (C=O) groups is 1. The van der Waals surface area contributed by atoms with Crippen LogP contribution in [0.2, 0.25) is 0 Å². The van der Waals surface area contributed by atoms with E-state index in [2.05, 4.69) is 64.6 Å². The number of amides is 1. The second-order valence-corrected chi connectivity index (χ2v) is 8.57. The van der Waals surface area contributed by atoms with Gasteiger partial charge in [0.05, 0.1) is 19.9 Å². The number of methoxy groups -OCH3 is 1. The minimum absolute atomic E-state index is 0.0443. The number of benzene rings is 3. The zero-order valence-corrected chi connectivity index (χ0v) is 19.7. The fourth-order valence-electron chi connectivity index (χ4n) is 4.66. The standard InChI is InChI=1S/C30H28N2O3/c1-34-29-16-8-6-14-25(29)26(18-30(33)31-19-23-12-9-17-35-23)27-21-32(20-22-10-3-2-4-11-22)28-15-7-5-13-24(27)28/h2-17,21,26H,18-20H2,1H3,(H,31,33)/t26-/m1/s1. The Morgan fingerprint density at radius 2 is 1.69 bits per heavy atom. The number of hydrogen-bond donors (Lipinski definition) is 1. The summed E-state index contributed by atoms with van der Waals surface area (Å²) in [5, 5.41) is 4.14. The van der Waals surface area contributed by atoms with Crippen LogP contribution in [0.3, 0.4) is 0 Å². The predicted molar refractivity (Wildman–Crippen MR) is 137 cm³/mol. The van der Waals surface area contributed by atoms with Crippen LogP contribution in [-0.2, 0) is 17.9 Å². The number of aromatic nitrogens is 1. The van der Waals surface area contributed by atoms with Crippen LogP contribution in [0.1, 0.15) is 34.8 Å². The van der Waals surface area contributed by atoms with Gasteiger partial charge in [0.25, 0.3) is 0 Å². The molecule has 0 aliphatic carbocycles. The van der Waals surface area contributed by atoms with Crippen molar-refractivity contribution in [2.75, 3.05) is 7.11 Å². The third-order valence-corrected chi connectivity index (χ3v) is 6.33. The van der Waals surface area contributed by atoms with Crippen LogP contribution in [0.4, 0.5) is 0 Å². The number of nitrogens with zero attached hydrogens (tertiary/aromatic N) is 1. The Bertz CT molecular complexity index is 1400. The predicted octanol–water partition coefficient (Wildman–Crippen LogP) is 6.13. The maximum absolute atomic E-state index is 13.1. The van der Waals surface area contributed by atoms with Gasteiger partial charge in [-0.1, -0.05) is 66.7 Å². The van der Waals surface area contributed by atoms with E-state index in [1.54, 1.807) is 13.4 Å². The van der Waals surface area contributed by atoms with E-state index in [0.29, 0.717) is 13.0 Å². The molecular formula is C30H28N2O3. The van der Waals surface area contributed by atoms with Crippen molar-refractivity contribution in [3.63, 3.8) is 0 Å². The van der Waals surface area contributed by atoms with E-state index in [1.165, 1.54) is 5.56 Å². The highest BCUT2D eigenvalue weighted by atomic mass is 16.5. The van der Waals surface area contributed by atoms with E-state index in [9.17, 15) is 4.79 Å². The van der Waals surface area contributed by atoms with Gasteiger partial charge in [-0.05, 0) is 35.4 Å². The highest BCUT2D eigenvalue weighted by molar-refractivity contribution is 5.87. The van der Waals surface area contributed by atoms with Gasteiger partial charge in [-0.2, -0.15) is 0 Å². The van der Waals surface area contributed by atoms with Gasteiger partial charge in [0.15, 0.2) is 0 Å². The molecule has 1 atom stereocenters. The number of carbonyl (C=O) groups excluding carboxylic acids is 1. The Morgan fingerprint density at radius 1 is 0.914 bits per heavy atom. The summed E-state index contributed by atoms with van der Waals surface area (Å²) in [5.74, 6) is 1.28. The van der Waals surface area contributed by atoms with E-state index in [1.807, 2.05) is 42.5 Å². The summed E-state index contributed by atoms with van der Waals surface area (Å²) in [6.07, 6.45) is 4.09. The molecule has 0 saturated heterocycles. The summed E-state index contributed by atoms with van der Waals surface area (Å²) >= 11 is 0. The van der Waals surface area contributed by atoms with Crippen molar-refractivity contribution in [3.05, 3.63) is 126 Å². The number of fused-ring (bicyclic) bond motifs is 1. The van der Waals surface area contributed by atoms with Crippen molar-refractivity contribution in [3.8, 4) is 5.75 Å². The lowest BCUT2D eigenvalue weighted by Crippen LogP contribution is -2.25. The average molecular weight is 465 g/mol. The molecule has 0 aliphatic rings. The first-order valence-electron chi connectivity index (χ1n) is 11.8. The lowest BCUT2D eigenvalue weighted by atomic mass is 9.87. The number of nitrogens with one attached hydrogen (secondary N) is 1. The quantitative estimate of drug-likeness (QED) is 0.285. The molecule has 1 N–H and O–H groups in total. The largest absolute Gasteiger partial charge is 0.496 e. The first kappa shape index (κ1) is 22.5. The first-order valence-corrected chi connectivity index (χ1v) is 11.8. The molecule has 1 amide bonds. The van der Waals surface area contributed by atoms with Gasteiger partial charge in [0.1, 0.15) is 11.5 Å². The minimum Gasteiger partial charge on any atom is -0.496 e. The molecule has 0 aliphatic heterocycles. The zero-order valence-electron chi connectivity index (χ0n) is 19.7. The number of ether oxygens (including phenoxy) is 1. The molecule has 0 spiro atoms. The number of rotatable bonds is 9. The third kappa shape index (κ3) is 4.99. The van der Waals surface area contributed by atoms with Crippen molar-refractivity contribution in [1.82, 2.24) is 9.88 Å². The van der Waals surface area contributed by atoms with Gasteiger partial charge in [-0.15, -0.1) is 0 Å². The lowest BCUT2D eigenvalue weighted by Gasteiger charge is -2.19. The molecule has 176 valence electrons. The third-order valence-electron chi connectivity index (χ3n) is 6.33. The molecule has 2 heterocycles. The van der Waals surface area contributed by atoms with Crippen LogP contribution in [0, 0.1) is 0 Å². The van der Waals surface area contributed by atoms with E-state index < -0.39 is 0 Å². The fourth-order valence-corrected chi connectivity index (χ4v) is 4.66. The Labute approximate surface area is 205 Å². The van der Waals surface area contributed by atoms with Crippen LogP contribution in [0.5, 0.6) is 5.75 Å². The molecule has 5 heteroatoms. The molecule has 5 nitrogen and oxygen atoms in total. The van der Waals surface area contributed by atoms with E-state index in [0.717, 1.165) is 40.1 Å². The second-order valence-electron chi connectivity index (χ2n) is 8.57. The topological polar surface area (TPSA) is 56.4 Å². The van der Waals surface area contributed by atoms with Gasteiger partial charge in [-0.25, -0.2) is 0 Å². The minimum atomic E-state index is -0.176. The Morgan fingerprint density at radius 3 is 2.49 bits per heavy atom. The average Bonchev–Trinajstić information content (AvgIpc) is 3.55. The van der Waals surface area contributed by atoms with Crippen LogP contribution >= 0.6 is 0 Å². The second kappa shape index (κ2) is 10.3. The van der Waals surface area contributed by atoms with Crippen LogP contribution in [0.25, 0.3) is 10.9 Å². The summed E-state index contributed by atoms with van der Waals surface area (Å²) in [6, 6.07) is 30.4. The van der Waals surface area contributed by atoms with Crippen molar-refractivity contribution in [2.45, 2.75) is 25.4 Å². The zero-order chi connectivity index (χ0) is 24.0. The lowest BCUT2D eigenvalue weighted by molar-refractivity contribution is -0.121. The normalized spacial score (nSPS) is 11.9. The Hall–Kier alpha value is -4.25. The van der Waals surface area contributed by atoms with Gasteiger partial charge in [-0.3, -0.25) is 4.79 Å². The molecule has 3 aromatic carbocycles. The van der Waals surface area contributed by atoms with Gasteiger partial charge in [0, 0.05) is 41.5 Å². The molecule has 35 heavy (non-hydrogen) atoms. The van der Waals surface area contributed by atoms with E-state index in [4.69, 9.17) is 9.15 Å².